The van der Waals surface area contributed by atoms with Gasteiger partial charge in [-0.05, 0) is 25.5 Å². The molecular weight excluding hydrogens is 244 g/mol. The molecule has 17 heavy (non-hydrogen) atoms. The van der Waals surface area contributed by atoms with E-state index < -0.39 is 30.7 Å². The maximum Gasteiger partial charge on any atom is 0.186 e. The first kappa shape index (κ1) is 15.2. The minimum Gasteiger partial charge on any atom is -0.388 e. The van der Waals surface area contributed by atoms with Crippen molar-refractivity contribution < 1.29 is 24.8 Å². The third-order valence-corrected chi connectivity index (χ3v) is 3.21. The van der Waals surface area contributed by atoms with Crippen LogP contribution in [0.3, 0.4) is 0 Å². The highest BCUT2D eigenvalue weighted by Crippen LogP contribution is 2.21. The lowest BCUT2D eigenvalue weighted by Crippen LogP contribution is -2.57. The van der Waals surface area contributed by atoms with Gasteiger partial charge in [-0.3, -0.25) is 0 Å². The Morgan fingerprint density at radius 2 is 1.76 bits per heavy atom. The lowest BCUT2D eigenvalue weighted by molar-refractivity contribution is -0.293. The fraction of sp³-hybridized carbons (Fsp3) is 1.00. The van der Waals surface area contributed by atoms with Gasteiger partial charge in [0.2, 0.25) is 0 Å². The number of ether oxygens (including phenoxy) is 2. The third kappa shape index (κ3) is 4.39. The molecule has 1 rings (SSSR count). The molecule has 2 unspecified atom stereocenters. The lowest BCUT2D eigenvalue weighted by atomic mass is 10.0. The Labute approximate surface area is 107 Å². The van der Waals surface area contributed by atoms with Crippen molar-refractivity contribution in [2.45, 2.75) is 56.9 Å². The van der Waals surface area contributed by atoms with Crippen LogP contribution in [0.1, 0.15) is 26.2 Å². The van der Waals surface area contributed by atoms with Gasteiger partial charge in [0.1, 0.15) is 18.3 Å². The second kappa shape index (κ2) is 7.56. The van der Waals surface area contributed by atoms with E-state index in [0.717, 1.165) is 25.0 Å². The highest BCUT2D eigenvalue weighted by atomic mass is 32.1. The van der Waals surface area contributed by atoms with Gasteiger partial charge in [0.25, 0.3) is 0 Å². The summed E-state index contributed by atoms with van der Waals surface area (Å²) >= 11 is 4.11. The molecule has 0 aromatic heterocycles. The van der Waals surface area contributed by atoms with E-state index >= 15 is 0 Å². The van der Waals surface area contributed by atoms with Gasteiger partial charge < -0.3 is 24.8 Å². The Morgan fingerprint density at radius 3 is 2.41 bits per heavy atom. The standard InChI is InChI=1S/C11H22O5S/c1-7-8(12)9(13)10(14)11(16-7)15-5-3-2-4-6-17/h7-14,17H,2-6H2,1H3/t7?,8-,9?,10+,11+/m1/s1. The highest BCUT2D eigenvalue weighted by Gasteiger charge is 2.42. The quantitative estimate of drug-likeness (QED) is 0.400. The summed E-state index contributed by atoms with van der Waals surface area (Å²) in [4.78, 5) is 0. The molecule has 0 radical (unpaired) electrons. The zero-order valence-electron chi connectivity index (χ0n) is 10.0. The molecule has 0 bridgehead atoms. The summed E-state index contributed by atoms with van der Waals surface area (Å²) in [6, 6.07) is 0. The largest absolute Gasteiger partial charge is 0.388 e. The maximum absolute atomic E-state index is 9.66. The number of thiol groups is 1. The number of unbranched alkanes of at least 4 members (excludes halogenated alkanes) is 2. The molecule has 6 heteroatoms. The Kier molecular flexibility index (Phi) is 6.76. The summed E-state index contributed by atoms with van der Waals surface area (Å²) in [5.74, 6) is 0.852. The van der Waals surface area contributed by atoms with Gasteiger partial charge in [-0.25, -0.2) is 0 Å². The van der Waals surface area contributed by atoms with Crippen LogP contribution < -0.4 is 0 Å². The number of rotatable bonds is 6. The first-order chi connectivity index (χ1) is 8.07. The van der Waals surface area contributed by atoms with E-state index in [1.54, 1.807) is 6.92 Å². The lowest BCUT2D eigenvalue weighted by Gasteiger charge is -2.38. The molecule has 5 nitrogen and oxygen atoms in total. The fourth-order valence-corrected chi connectivity index (χ4v) is 1.96. The summed E-state index contributed by atoms with van der Waals surface area (Å²) < 4.78 is 10.7. The normalized spacial score (nSPS) is 38.3. The molecule has 0 aliphatic carbocycles. The second-order valence-electron chi connectivity index (χ2n) is 4.34. The summed E-state index contributed by atoms with van der Waals surface area (Å²) in [7, 11) is 0. The van der Waals surface area contributed by atoms with Crippen molar-refractivity contribution in [1.82, 2.24) is 0 Å². The minimum absolute atomic E-state index is 0.463. The van der Waals surface area contributed by atoms with Crippen LogP contribution in [0.25, 0.3) is 0 Å². The smallest absolute Gasteiger partial charge is 0.186 e. The van der Waals surface area contributed by atoms with E-state index in [0.29, 0.717) is 6.61 Å². The average molecular weight is 266 g/mol. The second-order valence-corrected chi connectivity index (χ2v) is 4.78. The zero-order chi connectivity index (χ0) is 12.8. The van der Waals surface area contributed by atoms with Gasteiger partial charge in [0, 0.05) is 6.61 Å². The van der Waals surface area contributed by atoms with Crippen LogP contribution in [0, 0.1) is 0 Å². The number of hydrogen-bond donors (Lipinski definition) is 4. The number of hydrogen-bond acceptors (Lipinski definition) is 6. The maximum atomic E-state index is 9.66. The molecule has 1 aliphatic heterocycles. The molecule has 0 aromatic carbocycles. The molecule has 1 aliphatic rings. The molecule has 102 valence electrons. The predicted octanol–water partition coefficient (Wildman–Crippen LogP) is -0.0694. The average Bonchev–Trinajstić information content (AvgIpc) is 2.32. The molecule has 1 saturated heterocycles. The Bertz CT molecular complexity index is 216. The van der Waals surface area contributed by atoms with Gasteiger partial charge in [-0.1, -0.05) is 6.42 Å². The number of aliphatic hydroxyl groups is 3. The van der Waals surface area contributed by atoms with Crippen molar-refractivity contribution in [3.05, 3.63) is 0 Å². The van der Waals surface area contributed by atoms with Crippen LogP contribution in [0.4, 0.5) is 0 Å². The zero-order valence-corrected chi connectivity index (χ0v) is 10.9. The summed E-state index contributed by atoms with van der Waals surface area (Å²) in [5, 5.41) is 28.7. The van der Waals surface area contributed by atoms with E-state index in [2.05, 4.69) is 12.6 Å². The van der Waals surface area contributed by atoms with Crippen LogP contribution in [0.5, 0.6) is 0 Å². The molecule has 1 fully saturated rings. The first-order valence-electron chi connectivity index (χ1n) is 6.00. The Balaban J connectivity index is 2.28. The molecule has 1 heterocycles. The first-order valence-corrected chi connectivity index (χ1v) is 6.63. The van der Waals surface area contributed by atoms with Gasteiger partial charge in [-0.15, -0.1) is 0 Å². The predicted molar refractivity (Wildman–Crippen MR) is 66.0 cm³/mol. The molecule has 3 N–H and O–H groups in total. The van der Waals surface area contributed by atoms with Gasteiger partial charge >= 0.3 is 0 Å². The Morgan fingerprint density at radius 1 is 1.06 bits per heavy atom. The van der Waals surface area contributed by atoms with Crippen LogP contribution in [0.15, 0.2) is 0 Å². The monoisotopic (exact) mass is 266 g/mol. The molecule has 5 atom stereocenters. The summed E-state index contributed by atoms with van der Waals surface area (Å²) in [5.41, 5.74) is 0. The van der Waals surface area contributed by atoms with Crippen LogP contribution >= 0.6 is 12.6 Å². The Hall–Kier alpha value is 0.150. The van der Waals surface area contributed by atoms with Crippen molar-refractivity contribution in [3.8, 4) is 0 Å². The van der Waals surface area contributed by atoms with E-state index in [4.69, 9.17) is 9.47 Å². The van der Waals surface area contributed by atoms with Crippen LogP contribution in [0.2, 0.25) is 0 Å². The van der Waals surface area contributed by atoms with Crippen LogP contribution in [-0.4, -0.2) is 58.4 Å². The molecule has 0 saturated carbocycles. The summed E-state index contributed by atoms with van der Waals surface area (Å²) in [6.07, 6.45) is -2.01. The molecular formula is C11H22O5S. The van der Waals surface area contributed by atoms with Gasteiger partial charge in [0.05, 0.1) is 6.10 Å². The van der Waals surface area contributed by atoms with Gasteiger partial charge in [-0.2, -0.15) is 12.6 Å². The minimum atomic E-state index is -1.22. The molecule has 0 spiro atoms. The van der Waals surface area contributed by atoms with Crippen molar-refractivity contribution in [3.63, 3.8) is 0 Å². The van der Waals surface area contributed by atoms with E-state index in [-0.39, 0.29) is 0 Å². The van der Waals surface area contributed by atoms with E-state index in [1.807, 2.05) is 0 Å². The molecule has 0 aromatic rings. The van der Waals surface area contributed by atoms with E-state index in [1.165, 1.54) is 0 Å². The van der Waals surface area contributed by atoms with Crippen LogP contribution in [-0.2, 0) is 9.47 Å². The topological polar surface area (TPSA) is 79.2 Å². The van der Waals surface area contributed by atoms with Gasteiger partial charge in [0.15, 0.2) is 6.29 Å². The highest BCUT2D eigenvalue weighted by molar-refractivity contribution is 7.80. The van der Waals surface area contributed by atoms with Crippen molar-refractivity contribution in [1.29, 1.82) is 0 Å². The fourth-order valence-electron chi connectivity index (χ4n) is 1.74. The van der Waals surface area contributed by atoms with Crippen molar-refractivity contribution in [2.75, 3.05) is 12.4 Å². The van der Waals surface area contributed by atoms with Crippen molar-refractivity contribution in [2.24, 2.45) is 0 Å². The van der Waals surface area contributed by atoms with Crippen molar-refractivity contribution >= 4 is 12.6 Å². The number of aliphatic hydroxyl groups excluding tert-OH is 3. The SMILES string of the molecule is CC1O[C@H](OCCCCCS)[C@@H](O)C(O)[C@@H]1O. The molecule has 0 amide bonds. The third-order valence-electron chi connectivity index (χ3n) is 2.89. The van der Waals surface area contributed by atoms with E-state index in [9.17, 15) is 15.3 Å². The summed E-state index contributed by atoms with van der Waals surface area (Å²) in [6.45, 7) is 2.10.